The minimum Gasteiger partial charge on any atom is -0.366 e. The van der Waals surface area contributed by atoms with E-state index in [4.69, 9.17) is 0 Å². The van der Waals surface area contributed by atoms with Gasteiger partial charge in [0.15, 0.2) is 5.79 Å². The largest absolute Gasteiger partial charge is 0.366 e. The highest BCUT2D eigenvalue weighted by molar-refractivity contribution is 4.77. The summed E-state index contributed by atoms with van der Waals surface area (Å²) in [6.45, 7) is 4.40. The van der Waals surface area contributed by atoms with Crippen molar-refractivity contribution >= 4 is 0 Å². The minimum atomic E-state index is -1.36. The summed E-state index contributed by atoms with van der Waals surface area (Å²) in [5.41, 5.74) is 0. The van der Waals surface area contributed by atoms with E-state index in [1.165, 1.54) is 0 Å². The lowest BCUT2D eigenvalue weighted by Gasteiger charge is -2.33. The van der Waals surface area contributed by atoms with E-state index < -0.39 is 5.79 Å². The molecule has 2 N–H and O–H groups in total. The van der Waals surface area contributed by atoms with Crippen LogP contribution < -0.4 is 0 Å². The molecule has 0 bridgehead atoms. The van der Waals surface area contributed by atoms with E-state index in [-0.39, 0.29) is 0 Å². The Morgan fingerprint density at radius 2 is 1.64 bits per heavy atom. The van der Waals surface area contributed by atoms with E-state index in [1.807, 2.05) is 0 Å². The van der Waals surface area contributed by atoms with Crippen molar-refractivity contribution in [3.05, 3.63) is 0 Å². The first-order chi connectivity index (χ1) is 5.01. The molecule has 66 valence electrons. The van der Waals surface area contributed by atoms with Gasteiger partial charge >= 0.3 is 0 Å². The molecule has 11 heavy (non-hydrogen) atoms. The van der Waals surface area contributed by atoms with E-state index in [0.717, 1.165) is 12.8 Å². The van der Waals surface area contributed by atoms with E-state index in [2.05, 4.69) is 13.8 Å². The van der Waals surface area contributed by atoms with Crippen LogP contribution in [0.3, 0.4) is 0 Å². The molecule has 1 rings (SSSR count). The van der Waals surface area contributed by atoms with Crippen LogP contribution in [-0.2, 0) is 0 Å². The van der Waals surface area contributed by atoms with Crippen molar-refractivity contribution in [1.29, 1.82) is 0 Å². The summed E-state index contributed by atoms with van der Waals surface area (Å²) in [5, 5.41) is 18.5. The number of hydrogen-bond acceptors (Lipinski definition) is 2. The predicted molar refractivity (Wildman–Crippen MR) is 44.0 cm³/mol. The summed E-state index contributed by atoms with van der Waals surface area (Å²) in [5.74, 6) is 0.0271. The van der Waals surface area contributed by atoms with Crippen LogP contribution in [0.15, 0.2) is 0 Å². The fourth-order valence-electron chi connectivity index (χ4n) is 1.77. The zero-order valence-corrected chi connectivity index (χ0v) is 7.38. The van der Waals surface area contributed by atoms with Gasteiger partial charge < -0.3 is 10.2 Å². The molecule has 0 amide bonds. The van der Waals surface area contributed by atoms with Gasteiger partial charge in [-0.15, -0.1) is 0 Å². The van der Waals surface area contributed by atoms with Crippen LogP contribution in [0.5, 0.6) is 0 Å². The lowest BCUT2D eigenvalue weighted by atomic mass is 9.79. The van der Waals surface area contributed by atoms with Gasteiger partial charge in [-0.05, 0) is 24.7 Å². The average molecular weight is 158 g/mol. The van der Waals surface area contributed by atoms with Gasteiger partial charge in [-0.3, -0.25) is 0 Å². The van der Waals surface area contributed by atoms with Crippen LogP contribution in [-0.4, -0.2) is 16.0 Å². The molecule has 0 aliphatic heterocycles. The monoisotopic (exact) mass is 158 g/mol. The number of rotatable bonds is 1. The van der Waals surface area contributed by atoms with Crippen molar-refractivity contribution < 1.29 is 10.2 Å². The minimum absolute atomic E-state index is 0.551. The zero-order valence-electron chi connectivity index (χ0n) is 7.38. The van der Waals surface area contributed by atoms with E-state index in [9.17, 15) is 10.2 Å². The third-order valence-electron chi connectivity index (χ3n) is 2.77. The number of hydrogen-bond donors (Lipinski definition) is 2. The molecule has 0 unspecified atom stereocenters. The summed E-state index contributed by atoms with van der Waals surface area (Å²) in [6.07, 6.45) is 3.03. The highest BCUT2D eigenvalue weighted by Crippen LogP contribution is 2.33. The van der Waals surface area contributed by atoms with Gasteiger partial charge in [-0.1, -0.05) is 13.8 Å². The second kappa shape index (κ2) is 3.11. The van der Waals surface area contributed by atoms with Crippen molar-refractivity contribution in [2.45, 2.75) is 45.3 Å². The molecule has 0 spiro atoms. The summed E-state index contributed by atoms with van der Waals surface area (Å²) >= 11 is 0. The Balaban J connectivity index is 2.36. The molecule has 0 aromatic carbocycles. The van der Waals surface area contributed by atoms with Crippen molar-refractivity contribution in [2.24, 2.45) is 11.8 Å². The average Bonchev–Trinajstić information content (AvgIpc) is 1.86. The zero-order chi connectivity index (χ0) is 8.48. The van der Waals surface area contributed by atoms with Crippen LogP contribution >= 0.6 is 0 Å². The Kier molecular flexibility index (Phi) is 2.55. The Labute approximate surface area is 68.2 Å². The fraction of sp³-hybridized carbons (Fsp3) is 1.00. The molecule has 1 aliphatic rings. The van der Waals surface area contributed by atoms with Crippen molar-refractivity contribution in [1.82, 2.24) is 0 Å². The van der Waals surface area contributed by atoms with Crippen LogP contribution in [0.2, 0.25) is 0 Å². The second-order valence-electron chi connectivity index (χ2n) is 4.06. The maximum absolute atomic E-state index is 9.23. The van der Waals surface area contributed by atoms with E-state index >= 15 is 0 Å². The van der Waals surface area contributed by atoms with Gasteiger partial charge in [0.1, 0.15) is 0 Å². The Morgan fingerprint density at radius 3 is 2.00 bits per heavy atom. The SMILES string of the molecule is CC(C)C1CCC(O)(O)CC1. The molecule has 0 heterocycles. The lowest BCUT2D eigenvalue weighted by molar-refractivity contribution is -0.187. The molecule has 0 atom stereocenters. The van der Waals surface area contributed by atoms with Gasteiger partial charge in [0.05, 0.1) is 0 Å². The Hall–Kier alpha value is -0.0800. The summed E-state index contributed by atoms with van der Waals surface area (Å²) in [6, 6.07) is 0. The van der Waals surface area contributed by atoms with Gasteiger partial charge in [-0.25, -0.2) is 0 Å². The maximum Gasteiger partial charge on any atom is 0.162 e. The molecular formula is C9H18O2. The van der Waals surface area contributed by atoms with Gasteiger partial charge in [0.2, 0.25) is 0 Å². The third-order valence-corrected chi connectivity index (χ3v) is 2.77. The first kappa shape index (κ1) is 9.01. The van der Waals surface area contributed by atoms with Gasteiger partial charge in [-0.2, -0.15) is 0 Å². The number of aliphatic hydroxyl groups is 2. The quantitative estimate of drug-likeness (QED) is 0.568. The summed E-state index contributed by atoms with van der Waals surface area (Å²) < 4.78 is 0. The van der Waals surface area contributed by atoms with Gasteiger partial charge in [0, 0.05) is 12.8 Å². The van der Waals surface area contributed by atoms with Crippen molar-refractivity contribution in [3.8, 4) is 0 Å². The molecule has 1 fully saturated rings. The molecule has 2 heteroatoms. The van der Waals surface area contributed by atoms with E-state index in [1.54, 1.807) is 0 Å². The van der Waals surface area contributed by atoms with Crippen molar-refractivity contribution in [2.75, 3.05) is 0 Å². The Bertz CT molecular complexity index is 120. The molecule has 0 aromatic heterocycles. The molecule has 0 radical (unpaired) electrons. The predicted octanol–water partition coefficient (Wildman–Crippen LogP) is 1.51. The van der Waals surface area contributed by atoms with Crippen LogP contribution in [0, 0.1) is 11.8 Å². The van der Waals surface area contributed by atoms with Gasteiger partial charge in [0.25, 0.3) is 0 Å². The fourth-order valence-corrected chi connectivity index (χ4v) is 1.77. The molecule has 0 aromatic rings. The third kappa shape index (κ3) is 2.46. The molecular weight excluding hydrogens is 140 g/mol. The molecule has 1 saturated carbocycles. The first-order valence-corrected chi connectivity index (χ1v) is 4.46. The van der Waals surface area contributed by atoms with Crippen LogP contribution in [0.1, 0.15) is 39.5 Å². The summed E-state index contributed by atoms with van der Waals surface area (Å²) in [7, 11) is 0. The summed E-state index contributed by atoms with van der Waals surface area (Å²) in [4.78, 5) is 0. The topological polar surface area (TPSA) is 40.5 Å². The molecule has 0 saturated heterocycles. The maximum atomic E-state index is 9.23. The lowest BCUT2D eigenvalue weighted by Crippen LogP contribution is -2.34. The highest BCUT2D eigenvalue weighted by Gasteiger charge is 2.31. The molecule has 1 aliphatic carbocycles. The van der Waals surface area contributed by atoms with Crippen LogP contribution in [0.25, 0.3) is 0 Å². The standard InChI is InChI=1S/C9H18O2/c1-7(2)8-3-5-9(10,11)6-4-8/h7-8,10-11H,3-6H2,1-2H3. The second-order valence-corrected chi connectivity index (χ2v) is 4.06. The normalized spacial score (nSPS) is 25.9. The smallest absolute Gasteiger partial charge is 0.162 e. The first-order valence-electron chi connectivity index (χ1n) is 4.46. The highest BCUT2D eigenvalue weighted by atomic mass is 16.5. The van der Waals surface area contributed by atoms with Crippen LogP contribution in [0.4, 0.5) is 0 Å². The van der Waals surface area contributed by atoms with E-state index in [0.29, 0.717) is 24.7 Å². The Morgan fingerprint density at radius 1 is 1.18 bits per heavy atom. The van der Waals surface area contributed by atoms with Crippen molar-refractivity contribution in [3.63, 3.8) is 0 Å². The molecule has 2 nitrogen and oxygen atoms in total.